The van der Waals surface area contributed by atoms with E-state index in [1.54, 1.807) is 37.3 Å². The largest absolute Gasteiger partial charge is 0.463 e. The molecule has 2 unspecified atom stereocenters. The summed E-state index contributed by atoms with van der Waals surface area (Å²) in [6.45, 7) is 1.91. The maximum atomic E-state index is 14.8. The van der Waals surface area contributed by atoms with Crippen molar-refractivity contribution in [3.8, 4) is 0 Å². The molecule has 1 heterocycles. The Morgan fingerprint density at radius 2 is 2.19 bits per heavy atom. The van der Waals surface area contributed by atoms with Crippen molar-refractivity contribution in [2.24, 2.45) is 10.9 Å². The van der Waals surface area contributed by atoms with Gasteiger partial charge in [-0.15, -0.1) is 12.4 Å². The van der Waals surface area contributed by atoms with Gasteiger partial charge in [-0.2, -0.15) is 0 Å². The summed E-state index contributed by atoms with van der Waals surface area (Å²) >= 11 is 0. The maximum Gasteiger partial charge on any atom is 0.357 e. The summed E-state index contributed by atoms with van der Waals surface area (Å²) in [4.78, 5) is 17.3. The van der Waals surface area contributed by atoms with E-state index in [0.717, 1.165) is 0 Å². The zero-order valence-electron chi connectivity index (χ0n) is 11.6. The minimum absolute atomic E-state index is 0. The standard InChI is InChI=1S/C14H17FN2O3.ClH/c1-2-19-13(18)14(8-11(9-16)17-20-14)12(15)10-6-4-3-5-7-10;/h3-7,12H,2,8-9,16H2,1H3;1H. The van der Waals surface area contributed by atoms with Crippen molar-refractivity contribution in [3.63, 3.8) is 0 Å². The summed E-state index contributed by atoms with van der Waals surface area (Å²) in [5.41, 5.74) is 4.49. The first-order valence-electron chi connectivity index (χ1n) is 6.44. The lowest BCUT2D eigenvalue weighted by molar-refractivity contribution is -0.178. The molecule has 0 bridgehead atoms. The van der Waals surface area contributed by atoms with E-state index in [0.29, 0.717) is 11.3 Å². The van der Waals surface area contributed by atoms with Crippen LogP contribution in [0.5, 0.6) is 0 Å². The first-order chi connectivity index (χ1) is 9.64. The molecule has 5 nitrogen and oxygen atoms in total. The van der Waals surface area contributed by atoms with Crippen LogP contribution in [0, 0.1) is 0 Å². The molecule has 1 aromatic rings. The average Bonchev–Trinajstić information content (AvgIpc) is 2.93. The molecule has 2 N–H and O–H groups in total. The number of halogens is 2. The highest BCUT2D eigenvalue weighted by molar-refractivity contribution is 5.95. The van der Waals surface area contributed by atoms with E-state index in [4.69, 9.17) is 15.3 Å². The van der Waals surface area contributed by atoms with Gasteiger partial charge in [0.15, 0.2) is 6.17 Å². The van der Waals surface area contributed by atoms with Crippen molar-refractivity contribution in [2.75, 3.05) is 13.2 Å². The normalized spacial score (nSPS) is 21.8. The third kappa shape index (κ3) is 3.33. The highest BCUT2D eigenvalue weighted by Crippen LogP contribution is 2.40. The molecule has 116 valence electrons. The molecule has 1 aliphatic rings. The second-order valence-electron chi connectivity index (χ2n) is 4.51. The second-order valence-corrected chi connectivity index (χ2v) is 4.51. The number of carbonyl (C=O) groups excluding carboxylic acids is 1. The topological polar surface area (TPSA) is 73.9 Å². The Balaban J connectivity index is 0.00000220. The summed E-state index contributed by atoms with van der Waals surface area (Å²) < 4.78 is 19.8. The summed E-state index contributed by atoms with van der Waals surface area (Å²) in [6.07, 6.45) is -1.67. The quantitative estimate of drug-likeness (QED) is 0.845. The summed E-state index contributed by atoms with van der Waals surface area (Å²) in [7, 11) is 0. The molecule has 0 spiro atoms. The Labute approximate surface area is 128 Å². The van der Waals surface area contributed by atoms with Crippen LogP contribution in [0.25, 0.3) is 0 Å². The number of benzene rings is 1. The number of hydrogen-bond donors (Lipinski definition) is 1. The van der Waals surface area contributed by atoms with Crippen LogP contribution in [0.2, 0.25) is 0 Å². The van der Waals surface area contributed by atoms with Gasteiger partial charge in [0.2, 0.25) is 0 Å². The second kappa shape index (κ2) is 7.38. The monoisotopic (exact) mass is 316 g/mol. The van der Waals surface area contributed by atoms with Crippen molar-refractivity contribution in [2.45, 2.75) is 25.1 Å². The fourth-order valence-electron chi connectivity index (χ4n) is 2.12. The third-order valence-corrected chi connectivity index (χ3v) is 3.16. The van der Waals surface area contributed by atoms with E-state index in [2.05, 4.69) is 5.16 Å². The number of alkyl halides is 1. The smallest absolute Gasteiger partial charge is 0.357 e. The van der Waals surface area contributed by atoms with Crippen LogP contribution in [0.4, 0.5) is 4.39 Å². The van der Waals surface area contributed by atoms with Crippen LogP contribution in [-0.4, -0.2) is 30.4 Å². The Kier molecular flexibility index (Phi) is 6.11. The molecule has 0 saturated heterocycles. The van der Waals surface area contributed by atoms with E-state index in [-0.39, 0.29) is 32.0 Å². The van der Waals surface area contributed by atoms with Crippen molar-refractivity contribution < 1.29 is 18.8 Å². The summed E-state index contributed by atoms with van der Waals surface area (Å²) in [5, 5.41) is 3.71. The van der Waals surface area contributed by atoms with Crippen LogP contribution in [0.1, 0.15) is 25.1 Å². The SMILES string of the molecule is CCOC(=O)C1(C(F)c2ccccc2)CC(CN)=NO1.Cl. The molecule has 0 radical (unpaired) electrons. The summed E-state index contributed by atoms with van der Waals surface area (Å²) in [5.74, 6) is -0.761. The van der Waals surface area contributed by atoms with E-state index in [9.17, 15) is 9.18 Å². The molecule has 0 aromatic heterocycles. The molecule has 2 atom stereocenters. The maximum absolute atomic E-state index is 14.8. The van der Waals surface area contributed by atoms with Crippen molar-refractivity contribution in [1.82, 2.24) is 0 Å². The van der Waals surface area contributed by atoms with E-state index >= 15 is 0 Å². The Hall–Kier alpha value is -1.66. The lowest BCUT2D eigenvalue weighted by atomic mass is 9.88. The van der Waals surface area contributed by atoms with Gasteiger partial charge in [0.05, 0.1) is 12.3 Å². The van der Waals surface area contributed by atoms with Crippen LogP contribution in [-0.2, 0) is 14.4 Å². The molecule has 0 fully saturated rings. The Bertz CT molecular complexity index is 512. The molecule has 2 rings (SSSR count). The van der Waals surface area contributed by atoms with Gasteiger partial charge in [-0.05, 0) is 12.5 Å². The lowest BCUT2D eigenvalue weighted by Crippen LogP contribution is -2.45. The van der Waals surface area contributed by atoms with E-state index < -0.39 is 17.7 Å². The highest BCUT2D eigenvalue weighted by Gasteiger charge is 2.55. The van der Waals surface area contributed by atoms with Crippen molar-refractivity contribution in [3.05, 3.63) is 35.9 Å². The van der Waals surface area contributed by atoms with E-state index in [1.807, 2.05) is 0 Å². The number of esters is 1. The van der Waals surface area contributed by atoms with Crippen LogP contribution in [0.3, 0.4) is 0 Å². The van der Waals surface area contributed by atoms with Gasteiger partial charge in [0.1, 0.15) is 0 Å². The number of nitrogens with two attached hydrogens (primary N) is 1. The predicted octanol–water partition coefficient (Wildman–Crippen LogP) is 2.16. The predicted molar refractivity (Wildman–Crippen MR) is 79.1 cm³/mol. The van der Waals surface area contributed by atoms with Crippen LogP contribution >= 0.6 is 12.4 Å². The van der Waals surface area contributed by atoms with Gasteiger partial charge in [0, 0.05) is 13.0 Å². The number of oxime groups is 1. The number of carbonyl (C=O) groups is 1. The molecule has 7 heteroatoms. The highest BCUT2D eigenvalue weighted by atomic mass is 35.5. The van der Waals surface area contributed by atoms with E-state index in [1.165, 1.54) is 0 Å². The molecule has 0 saturated carbocycles. The lowest BCUT2D eigenvalue weighted by Gasteiger charge is -2.27. The molecular formula is C14H18ClFN2O3. The number of nitrogens with zero attached hydrogens (tertiary/aromatic N) is 1. The van der Waals surface area contributed by atoms with Gasteiger partial charge >= 0.3 is 5.97 Å². The molecular weight excluding hydrogens is 299 g/mol. The van der Waals surface area contributed by atoms with Crippen molar-refractivity contribution in [1.29, 1.82) is 0 Å². The fraction of sp³-hybridized carbons (Fsp3) is 0.429. The van der Waals surface area contributed by atoms with Crippen LogP contribution in [0.15, 0.2) is 35.5 Å². The van der Waals surface area contributed by atoms with Gasteiger partial charge in [-0.1, -0.05) is 35.5 Å². The van der Waals surface area contributed by atoms with Gasteiger partial charge < -0.3 is 15.3 Å². The van der Waals surface area contributed by atoms with Crippen LogP contribution < -0.4 is 5.73 Å². The minimum atomic E-state index is -1.77. The molecule has 21 heavy (non-hydrogen) atoms. The average molecular weight is 317 g/mol. The Morgan fingerprint density at radius 1 is 1.52 bits per heavy atom. The molecule has 1 aromatic carbocycles. The fourth-order valence-corrected chi connectivity index (χ4v) is 2.12. The third-order valence-electron chi connectivity index (χ3n) is 3.16. The number of rotatable bonds is 5. The molecule has 1 aliphatic heterocycles. The van der Waals surface area contributed by atoms with Gasteiger partial charge in [0.25, 0.3) is 5.60 Å². The number of hydrogen-bond acceptors (Lipinski definition) is 5. The van der Waals surface area contributed by atoms with Gasteiger partial charge in [-0.25, -0.2) is 9.18 Å². The first-order valence-corrected chi connectivity index (χ1v) is 6.44. The molecule has 0 aliphatic carbocycles. The Morgan fingerprint density at radius 3 is 2.71 bits per heavy atom. The van der Waals surface area contributed by atoms with Crippen molar-refractivity contribution >= 4 is 24.1 Å². The number of ether oxygens (including phenoxy) is 1. The summed E-state index contributed by atoms with van der Waals surface area (Å²) in [6, 6.07) is 8.34. The molecule has 0 amide bonds. The minimum Gasteiger partial charge on any atom is -0.463 e. The van der Waals surface area contributed by atoms with Gasteiger partial charge in [-0.3, -0.25) is 0 Å². The zero-order valence-corrected chi connectivity index (χ0v) is 12.4. The zero-order chi connectivity index (χ0) is 14.6. The first kappa shape index (κ1) is 17.4.